The first-order chi connectivity index (χ1) is 12.0. The molecule has 2 fully saturated rings. The molecule has 0 bridgehead atoms. The number of hydrogen-bond acceptors (Lipinski definition) is 3. The van der Waals surface area contributed by atoms with Gasteiger partial charge in [-0.05, 0) is 43.9 Å². The summed E-state index contributed by atoms with van der Waals surface area (Å²) in [6.45, 7) is 2.27. The monoisotopic (exact) mass is 347 g/mol. The highest BCUT2D eigenvalue weighted by Crippen LogP contribution is 2.25. The van der Waals surface area contributed by atoms with Crippen molar-refractivity contribution in [2.45, 2.75) is 38.1 Å². The van der Waals surface area contributed by atoms with Gasteiger partial charge in [-0.25, -0.2) is 4.39 Å². The lowest BCUT2D eigenvalue weighted by molar-refractivity contribution is -0.136. The van der Waals surface area contributed by atoms with Crippen LogP contribution in [-0.4, -0.2) is 53.8 Å². The van der Waals surface area contributed by atoms with Crippen LogP contribution in [0.25, 0.3) is 0 Å². The molecule has 1 aliphatic heterocycles. The molecule has 2 atom stereocenters. The Morgan fingerprint density at radius 3 is 2.56 bits per heavy atom. The molecule has 1 aromatic carbocycles. The van der Waals surface area contributed by atoms with E-state index in [9.17, 15) is 14.0 Å². The van der Waals surface area contributed by atoms with Crippen molar-refractivity contribution in [2.24, 2.45) is 11.7 Å². The van der Waals surface area contributed by atoms with Crippen molar-refractivity contribution in [3.63, 3.8) is 0 Å². The minimum atomic E-state index is -0.411. The maximum atomic E-state index is 13.3. The van der Waals surface area contributed by atoms with Crippen molar-refractivity contribution in [1.82, 2.24) is 9.80 Å². The van der Waals surface area contributed by atoms with Gasteiger partial charge in [-0.2, -0.15) is 0 Å². The number of carbonyl (C=O) groups excluding carboxylic acids is 2. The Balaban J connectivity index is 1.60. The third-order valence-corrected chi connectivity index (χ3v) is 5.23. The van der Waals surface area contributed by atoms with Gasteiger partial charge in [0.25, 0.3) is 5.91 Å². The summed E-state index contributed by atoms with van der Waals surface area (Å²) >= 11 is 0. The summed E-state index contributed by atoms with van der Waals surface area (Å²) in [6, 6.07) is 5.89. The fraction of sp³-hybridized carbons (Fsp3) is 0.579. The fourth-order valence-electron chi connectivity index (χ4n) is 3.86. The highest BCUT2D eigenvalue weighted by molar-refractivity contribution is 5.94. The van der Waals surface area contributed by atoms with Crippen LogP contribution in [0.3, 0.4) is 0 Å². The molecule has 2 amide bonds. The molecule has 0 radical (unpaired) electrons. The highest BCUT2D eigenvalue weighted by Gasteiger charge is 2.30. The molecule has 2 aliphatic rings. The second kappa shape index (κ2) is 7.95. The Hall–Kier alpha value is -1.95. The van der Waals surface area contributed by atoms with Gasteiger partial charge >= 0.3 is 0 Å². The minimum absolute atomic E-state index is 0.0224. The molecule has 1 aliphatic carbocycles. The molecule has 5 nitrogen and oxygen atoms in total. The Labute approximate surface area is 148 Å². The Bertz CT molecular complexity index is 637. The zero-order valence-corrected chi connectivity index (χ0v) is 14.5. The molecule has 1 aromatic rings. The van der Waals surface area contributed by atoms with E-state index in [0.717, 1.165) is 32.1 Å². The number of amides is 2. The van der Waals surface area contributed by atoms with E-state index < -0.39 is 5.82 Å². The molecule has 6 heteroatoms. The molecule has 2 unspecified atom stereocenters. The van der Waals surface area contributed by atoms with Crippen LogP contribution in [0.5, 0.6) is 0 Å². The van der Waals surface area contributed by atoms with Crippen molar-refractivity contribution < 1.29 is 14.0 Å². The van der Waals surface area contributed by atoms with Crippen molar-refractivity contribution in [3.8, 4) is 0 Å². The average molecular weight is 347 g/mol. The lowest BCUT2D eigenvalue weighted by Crippen LogP contribution is -2.42. The Morgan fingerprint density at radius 1 is 1.04 bits per heavy atom. The van der Waals surface area contributed by atoms with E-state index >= 15 is 0 Å². The second-order valence-electron chi connectivity index (χ2n) is 7.10. The summed E-state index contributed by atoms with van der Waals surface area (Å²) in [5.41, 5.74) is 6.37. The summed E-state index contributed by atoms with van der Waals surface area (Å²) in [6.07, 6.45) is 4.43. The first kappa shape index (κ1) is 17.9. The van der Waals surface area contributed by atoms with Crippen LogP contribution in [-0.2, 0) is 4.79 Å². The van der Waals surface area contributed by atoms with E-state index in [2.05, 4.69) is 0 Å². The molecule has 0 spiro atoms. The van der Waals surface area contributed by atoms with Crippen LogP contribution >= 0.6 is 0 Å². The van der Waals surface area contributed by atoms with Gasteiger partial charge < -0.3 is 15.5 Å². The van der Waals surface area contributed by atoms with Crippen molar-refractivity contribution >= 4 is 11.8 Å². The molecule has 1 saturated carbocycles. The highest BCUT2D eigenvalue weighted by atomic mass is 19.1. The molecule has 3 rings (SSSR count). The predicted molar refractivity (Wildman–Crippen MR) is 93.4 cm³/mol. The maximum absolute atomic E-state index is 13.3. The van der Waals surface area contributed by atoms with Crippen LogP contribution in [0.1, 0.15) is 42.5 Å². The molecule has 2 N–H and O–H groups in total. The van der Waals surface area contributed by atoms with Gasteiger partial charge in [0, 0.05) is 43.7 Å². The average Bonchev–Trinajstić information content (AvgIpc) is 2.86. The number of rotatable bonds is 2. The Kier molecular flexibility index (Phi) is 5.68. The van der Waals surface area contributed by atoms with Crippen molar-refractivity contribution in [2.75, 3.05) is 26.2 Å². The lowest BCUT2D eigenvalue weighted by Gasteiger charge is -2.30. The third kappa shape index (κ3) is 4.37. The second-order valence-corrected chi connectivity index (χ2v) is 7.10. The summed E-state index contributed by atoms with van der Waals surface area (Å²) in [4.78, 5) is 28.9. The summed E-state index contributed by atoms with van der Waals surface area (Å²) in [5.74, 6) is -0.385. The van der Waals surface area contributed by atoms with Crippen LogP contribution in [0.4, 0.5) is 4.39 Å². The van der Waals surface area contributed by atoms with E-state index in [-0.39, 0.29) is 23.8 Å². The SMILES string of the molecule is NC1CCCC(C(=O)N2CCCN(C(=O)c3cccc(F)c3)CC2)C1. The van der Waals surface area contributed by atoms with Crippen LogP contribution in [0.15, 0.2) is 24.3 Å². The first-order valence-electron chi connectivity index (χ1n) is 9.14. The maximum Gasteiger partial charge on any atom is 0.254 e. The fourth-order valence-corrected chi connectivity index (χ4v) is 3.86. The molecular weight excluding hydrogens is 321 g/mol. The molecule has 1 saturated heterocycles. The molecule has 25 heavy (non-hydrogen) atoms. The summed E-state index contributed by atoms with van der Waals surface area (Å²) in [7, 11) is 0. The van der Waals surface area contributed by atoms with Gasteiger partial charge in [0.2, 0.25) is 5.91 Å². The smallest absolute Gasteiger partial charge is 0.254 e. The van der Waals surface area contributed by atoms with E-state index in [1.807, 2.05) is 4.90 Å². The Morgan fingerprint density at radius 2 is 1.80 bits per heavy atom. The van der Waals surface area contributed by atoms with Gasteiger partial charge in [-0.1, -0.05) is 12.5 Å². The number of benzene rings is 1. The quantitative estimate of drug-likeness (QED) is 0.890. The molecular formula is C19H26FN3O2. The van der Waals surface area contributed by atoms with Crippen molar-refractivity contribution in [1.29, 1.82) is 0 Å². The standard InChI is InChI=1S/C19H26FN3O2/c20-16-6-1-4-14(12-16)18(24)22-8-3-9-23(11-10-22)19(25)15-5-2-7-17(21)13-15/h1,4,6,12,15,17H,2-3,5,7-11,13,21H2. The van der Waals surface area contributed by atoms with Crippen LogP contribution in [0, 0.1) is 11.7 Å². The zero-order valence-electron chi connectivity index (χ0n) is 14.5. The van der Waals surface area contributed by atoms with Gasteiger partial charge in [-0.15, -0.1) is 0 Å². The van der Waals surface area contributed by atoms with Gasteiger partial charge in [0.05, 0.1) is 0 Å². The number of nitrogens with zero attached hydrogens (tertiary/aromatic N) is 2. The molecule has 136 valence electrons. The topological polar surface area (TPSA) is 66.6 Å². The predicted octanol–water partition coefficient (Wildman–Crippen LogP) is 2.02. The van der Waals surface area contributed by atoms with Gasteiger partial charge in [0.15, 0.2) is 0 Å². The van der Waals surface area contributed by atoms with E-state index in [1.165, 1.54) is 12.1 Å². The number of halogens is 1. The third-order valence-electron chi connectivity index (χ3n) is 5.23. The summed E-state index contributed by atoms with van der Waals surface area (Å²) in [5, 5.41) is 0. The normalized spacial score (nSPS) is 24.7. The van der Waals surface area contributed by atoms with Gasteiger partial charge in [0.1, 0.15) is 5.82 Å². The largest absolute Gasteiger partial charge is 0.341 e. The minimum Gasteiger partial charge on any atom is -0.341 e. The lowest BCUT2D eigenvalue weighted by atomic mass is 9.85. The number of hydrogen-bond donors (Lipinski definition) is 1. The first-order valence-corrected chi connectivity index (χ1v) is 9.14. The van der Waals surface area contributed by atoms with E-state index in [4.69, 9.17) is 5.73 Å². The molecule has 0 aromatic heterocycles. The van der Waals surface area contributed by atoms with E-state index in [0.29, 0.717) is 31.7 Å². The van der Waals surface area contributed by atoms with Gasteiger partial charge in [-0.3, -0.25) is 9.59 Å². The van der Waals surface area contributed by atoms with Crippen LogP contribution in [0.2, 0.25) is 0 Å². The number of carbonyl (C=O) groups is 2. The van der Waals surface area contributed by atoms with Crippen LogP contribution < -0.4 is 5.73 Å². The van der Waals surface area contributed by atoms with Crippen molar-refractivity contribution in [3.05, 3.63) is 35.6 Å². The van der Waals surface area contributed by atoms with E-state index in [1.54, 1.807) is 17.0 Å². The number of nitrogens with two attached hydrogens (primary N) is 1. The zero-order chi connectivity index (χ0) is 17.8. The molecule has 1 heterocycles. The summed E-state index contributed by atoms with van der Waals surface area (Å²) < 4.78 is 13.3.